The van der Waals surface area contributed by atoms with Crippen LogP contribution in [0.3, 0.4) is 0 Å². The van der Waals surface area contributed by atoms with Crippen molar-refractivity contribution in [3.63, 3.8) is 0 Å². The van der Waals surface area contributed by atoms with E-state index in [1.807, 2.05) is 48.2 Å². The number of hydrogen-bond donors (Lipinski definition) is 4. The highest BCUT2D eigenvalue weighted by atomic mass is 16.5. The molecular weight excluding hydrogens is 530 g/mol. The lowest BCUT2D eigenvalue weighted by Crippen LogP contribution is -2.48. The van der Waals surface area contributed by atoms with E-state index in [-0.39, 0.29) is 11.9 Å². The van der Waals surface area contributed by atoms with Crippen LogP contribution in [0.4, 0.5) is 4.79 Å². The number of hydrogen-bond acceptors (Lipinski definition) is 6. The smallest absolute Gasteiger partial charge is 0.407 e. The molecule has 0 unspecified atom stereocenters. The second kappa shape index (κ2) is 12.1. The van der Waals surface area contributed by atoms with Crippen LogP contribution < -0.4 is 10.6 Å². The minimum atomic E-state index is -0.647. The van der Waals surface area contributed by atoms with Gasteiger partial charge >= 0.3 is 6.09 Å². The van der Waals surface area contributed by atoms with Crippen molar-refractivity contribution in [2.24, 2.45) is 0 Å². The number of imidazole rings is 2. The zero-order chi connectivity index (χ0) is 29.1. The number of benzene rings is 2. The van der Waals surface area contributed by atoms with Gasteiger partial charge in [-0.3, -0.25) is 4.79 Å². The number of carbonyl (C=O) groups is 2. The van der Waals surface area contributed by atoms with Crippen LogP contribution in [-0.2, 0) is 9.53 Å². The molecule has 2 fully saturated rings. The molecule has 0 saturated carbocycles. The Hall–Kier alpha value is -4.62. The summed E-state index contributed by atoms with van der Waals surface area (Å²) < 4.78 is 4.71. The molecule has 10 nitrogen and oxygen atoms in total. The van der Waals surface area contributed by atoms with Crippen LogP contribution in [0.25, 0.3) is 22.3 Å². The molecule has 3 atom stereocenters. The number of fused-ring (bicyclic) bond motifs is 1. The van der Waals surface area contributed by atoms with Crippen LogP contribution in [-0.4, -0.2) is 63.1 Å². The van der Waals surface area contributed by atoms with Crippen molar-refractivity contribution in [1.29, 1.82) is 0 Å². The topological polar surface area (TPSA) is 128 Å². The quantitative estimate of drug-likeness (QED) is 0.254. The van der Waals surface area contributed by atoms with E-state index >= 15 is 0 Å². The highest BCUT2D eigenvalue weighted by Gasteiger charge is 2.36. The minimum Gasteiger partial charge on any atom is -0.453 e. The maximum Gasteiger partial charge on any atom is 0.407 e. The van der Waals surface area contributed by atoms with Crippen molar-refractivity contribution in [3.05, 3.63) is 71.4 Å². The highest BCUT2D eigenvalue weighted by molar-refractivity contribution is 5.86. The largest absolute Gasteiger partial charge is 0.453 e. The molecule has 4 heterocycles. The molecule has 2 aromatic carbocycles. The van der Waals surface area contributed by atoms with Crippen molar-refractivity contribution in [3.8, 4) is 23.1 Å². The summed E-state index contributed by atoms with van der Waals surface area (Å²) in [7, 11) is 1.29. The first-order valence-electron chi connectivity index (χ1n) is 14.6. The van der Waals surface area contributed by atoms with E-state index in [0.717, 1.165) is 70.7 Å². The van der Waals surface area contributed by atoms with Crippen molar-refractivity contribution < 1.29 is 14.3 Å². The third-order valence-electron chi connectivity index (χ3n) is 8.10. The van der Waals surface area contributed by atoms with Gasteiger partial charge in [-0.15, -0.1) is 0 Å². The van der Waals surface area contributed by atoms with Crippen LogP contribution in [0.5, 0.6) is 0 Å². The molecule has 2 saturated heterocycles. The number of carbonyl (C=O) groups excluding carboxylic acids is 2. The molecule has 2 aliphatic rings. The molecule has 2 amide bonds. The van der Waals surface area contributed by atoms with E-state index in [2.05, 4.69) is 43.5 Å². The van der Waals surface area contributed by atoms with Crippen LogP contribution in [0, 0.1) is 11.8 Å². The molecule has 2 aromatic heterocycles. The Bertz CT molecular complexity index is 1660. The SMILES string of the molecule is CC[C@H](NC(=O)OC)C(=O)N1CCC[C@H]1c1nc[nH]c1-c1cccc(C#Cc2ccc3nc([C@@H]4CCCN4)[nH]c3c2)c1. The second-order valence-electron chi connectivity index (χ2n) is 10.8. The lowest BCUT2D eigenvalue weighted by Gasteiger charge is -2.28. The highest BCUT2D eigenvalue weighted by Crippen LogP contribution is 2.36. The molecule has 216 valence electrons. The van der Waals surface area contributed by atoms with Crippen molar-refractivity contribution in [1.82, 2.24) is 35.5 Å². The molecule has 0 aliphatic carbocycles. The first-order valence-corrected chi connectivity index (χ1v) is 14.6. The second-order valence-corrected chi connectivity index (χ2v) is 10.8. The summed E-state index contributed by atoms with van der Waals surface area (Å²) in [4.78, 5) is 43.2. The van der Waals surface area contributed by atoms with E-state index < -0.39 is 12.1 Å². The summed E-state index contributed by atoms with van der Waals surface area (Å²) in [6.07, 6.45) is 5.46. The number of amides is 2. The number of aromatic nitrogens is 4. The van der Waals surface area contributed by atoms with Crippen molar-refractivity contribution in [2.75, 3.05) is 20.2 Å². The van der Waals surface area contributed by atoms with Gasteiger partial charge in [0.15, 0.2) is 0 Å². The average Bonchev–Trinajstić information content (AvgIpc) is 3.84. The first-order chi connectivity index (χ1) is 20.5. The zero-order valence-electron chi connectivity index (χ0n) is 23.9. The summed E-state index contributed by atoms with van der Waals surface area (Å²) in [6, 6.07) is 13.6. The number of H-pyrrole nitrogens is 2. The lowest BCUT2D eigenvalue weighted by atomic mass is 10.0. The fraction of sp³-hybridized carbons (Fsp3) is 0.375. The van der Waals surface area contributed by atoms with Gasteiger partial charge in [-0.1, -0.05) is 30.9 Å². The fourth-order valence-corrected chi connectivity index (χ4v) is 5.93. The molecule has 4 N–H and O–H groups in total. The van der Waals surface area contributed by atoms with Gasteiger partial charge in [0.1, 0.15) is 11.9 Å². The van der Waals surface area contributed by atoms with Crippen LogP contribution in [0.2, 0.25) is 0 Å². The summed E-state index contributed by atoms with van der Waals surface area (Å²) in [6.45, 7) is 3.51. The number of rotatable bonds is 6. The molecule has 6 rings (SSSR count). The summed E-state index contributed by atoms with van der Waals surface area (Å²) in [5, 5.41) is 6.15. The van der Waals surface area contributed by atoms with E-state index in [4.69, 9.17) is 9.72 Å². The van der Waals surface area contributed by atoms with E-state index in [1.165, 1.54) is 13.5 Å². The summed E-state index contributed by atoms with van der Waals surface area (Å²) in [5.74, 6) is 7.47. The lowest BCUT2D eigenvalue weighted by molar-refractivity contribution is -0.134. The van der Waals surface area contributed by atoms with Crippen molar-refractivity contribution >= 4 is 23.0 Å². The zero-order valence-corrected chi connectivity index (χ0v) is 23.9. The Morgan fingerprint density at radius 3 is 2.79 bits per heavy atom. The molecule has 10 heteroatoms. The maximum absolute atomic E-state index is 13.4. The van der Waals surface area contributed by atoms with Crippen LogP contribution in [0.1, 0.15) is 73.8 Å². The number of alkyl carbamates (subject to hydrolysis) is 1. The van der Waals surface area contributed by atoms with Crippen LogP contribution in [0.15, 0.2) is 48.8 Å². The third kappa shape index (κ3) is 5.60. The van der Waals surface area contributed by atoms with E-state index in [0.29, 0.717) is 19.0 Å². The molecular formula is C32H35N7O3. The summed E-state index contributed by atoms with van der Waals surface area (Å²) >= 11 is 0. The number of aromatic amines is 2. The number of ether oxygens (including phenoxy) is 1. The monoisotopic (exact) mass is 565 g/mol. The number of methoxy groups -OCH3 is 1. The van der Waals surface area contributed by atoms with E-state index in [9.17, 15) is 9.59 Å². The first kappa shape index (κ1) is 27.5. The predicted molar refractivity (Wildman–Crippen MR) is 159 cm³/mol. The van der Waals surface area contributed by atoms with Gasteiger partial charge in [-0.25, -0.2) is 14.8 Å². The molecule has 0 bridgehead atoms. The molecule has 42 heavy (non-hydrogen) atoms. The van der Waals surface area contributed by atoms with E-state index in [1.54, 1.807) is 6.33 Å². The normalized spacial score (nSPS) is 19.0. The third-order valence-corrected chi connectivity index (χ3v) is 8.10. The van der Waals surface area contributed by atoms with Gasteiger partial charge in [-0.2, -0.15) is 0 Å². The summed E-state index contributed by atoms with van der Waals surface area (Å²) in [5.41, 5.74) is 6.36. The Morgan fingerprint density at radius 1 is 1.14 bits per heavy atom. The van der Waals surface area contributed by atoms with Crippen LogP contribution >= 0.6 is 0 Å². The van der Waals surface area contributed by atoms with Gasteiger partial charge < -0.3 is 30.2 Å². The predicted octanol–water partition coefficient (Wildman–Crippen LogP) is 4.58. The molecule has 0 spiro atoms. The molecule has 0 radical (unpaired) electrons. The van der Waals surface area contributed by atoms with Gasteiger partial charge in [0.25, 0.3) is 0 Å². The maximum atomic E-state index is 13.4. The Morgan fingerprint density at radius 2 is 2.00 bits per heavy atom. The minimum absolute atomic E-state index is 0.125. The Labute approximate surface area is 244 Å². The Balaban J connectivity index is 1.22. The van der Waals surface area contributed by atoms with Gasteiger partial charge in [0, 0.05) is 23.2 Å². The fourth-order valence-electron chi connectivity index (χ4n) is 5.93. The number of nitrogens with zero attached hydrogens (tertiary/aromatic N) is 3. The average molecular weight is 566 g/mol. The Kier molecular flexibility index (Phi) is 7.93. The molecule has 4 aromatic rings. The van der Waals surface area contributed by atoms with Gasteiger partial charge in [0.2, 0.25) is 5.91 Å². The standard InChI is InChI=1S/C32H35N7O3/c1-3-23(38-32(41)42-2)31(40)39-16-6-10-27(39)29-28(34-19-35-29)22-8-4-7-20(17-22)11-12-21-13-14-24-26(18-21)37-30(36-24)25-9-5-15-33-25/h4,7-8,13-14,17-19,23,25,27,33H,3,5-6,9-10,15-16H2,1-2H3,(H,34,35)(H,36,37)(H,38,41)/t23-,25-,27-/m0/s1. The van der Waals surface area contributed by atoms with Crippen molar-refractivity contribution in [2.45, 2.75) is 57.2 Å². The van der Waals surface area contributed by atoms with Gasteiger partial charge in [0.05, 0.1) is 47.9 Å². The van der Waals surface area contributed by atoms with Gasteiger partial charge in [-0.05, 0) is 69.0 Å². The number of nitrogens with one attached hydrogen (secondary N) is 4. The number of likely N-dealkylation sites (tertiary alicyclic amines) is 1. The molecule has 2 aliphatic heterocycles.